The highest BCUT2D eigenvalue weighted by atomic mass is 32.2. The smallest absolute Gasteiger partial charge is 0.121 e. The maximum atomic E-state index is 5.58. The summed E-state index contributed by atoms with van der Waals surface area (Å²) in [7, 11) is 0. The minimum absolute atomic E-state index is 0.254. The average molecular weight is 206 g/mol. The third kappa shape index (κ3) is 2.89. The van der Waals surface area contributed by atoms with E-state index in [9.17, 15) is 0 Å². The molecule has 1 heterocycles. The zero-order valence-corrected chi connectivity index (χ0v) is 8.87. The first-order valence-electron chi connectivity index (χ1n) is 4.91. The van der Waals surface area contributed by atoms with Crippen molar-refractivity contribution in [2.75, 3.05) is 12.4 Å². The van der Waals surface area contributed by atoms with Crippen LogP contribution in [0, 0.1) is 0 Å². The lowest BCUT2D eigenvalue weighted by Gasteiger charge is -2.18. The Hall–Kier alpha value is -0.730. The summed E-state index contributed by atoms with van der Waals surface area (Å²) in [6, 6.07) is 10.3. The van der Waals surface area contributed by atoms with E-state index >= 15 is 0 Å². The van der Waals surface area contributed by atoms with Crippen LogP contribution in [0.25, 0.3) is 6.08 Å². The maximum Gasteiger partial charge on any atom is 0.121 e. The Balaban J connectivity index is 1.93. The van der Waals surface area contributed by atoms with Crippen molar-refractivity contribution in [3.05, 3.63) is 42.0 Å². The largest absolute Gasteiger partial charge is 0.363 e. The van der Waals surface area contributed by atoms with E-state index < -0.39 is 0 Å². The first-order chi connectivity index (χ1) is 6.95. The Morgan fingerprint density at radius 3 is 2.86 bits per heavy atom. The van der Waals surface area contributed by atoms with Gasteiger partial charge in [0, 0.05) is 6.61 Å². The molecule has 1 aromatic rings. The molecular weight excluding hydrogens is 192 g/mol. The van der Waals surface area contributed by atoms with E-state index in [1.165, 1.54) is 17.7 Å². The van der Waals surface area contributed by atoms with Crippen molar-refractivity contribution in [1.82, 2.24) is 0 Å². The van der Waals surface area contributed by atoms with Gasteiger partial charge in [0.05, 0.1) is 0 Å². The predicted octanol–water partition coefficient (Wildman–Crippen LogP) is 3.18. The molecule has 0 amide bonds. The van der Waals surface area contributed by atoms with Crippen LogP contribution < -0.4 is 0 Å². The molecular formula is C12H14OS. The van der Waals surface area contributed by atoms with Gasteiger partial charge in [0.25, 0.3) is 0 Å². The molecule has 74 valence electrons. The van der Waals surface area contributed by atoms with Gasteiger partial charge < -0.3 is 4.74 Å². The van der Waals surface area contributed by atoms with Crippen LogP contribution >= 0.6 is 11.8 Å². The second-order valence-electron chi connectivity index (χ2n) is 3.23. The first-order valence-corrected chi connectivity index (χ1v) is 5.96. The van der Waals surface area contributed by atoms with Crippen molar-refractivity contribution < 1.29 is 4.74 Å². The molecule has 1 aliphatic rings. The first kappa shape index (κ1) is 9.81. The molecule has 1 unspecified atom stereocenters. The molecule has 0 aromatic heterocycles. The van der Waals surface area contributed by atoms with Gasteiger partial charge in [-0.05, 0) is 23.8 Å². The van der Waals surface area contributed by atoms with Crippen molar-refractivity contribution in [2.45, 2.75) is 11.9 Å². The molecule has 2 rings (SSSR count). The molecule has 0 spiro atoms. The van der Waals surface area contributed by atoms with Crippen LogP contribution in [0.2, 0.25) is 0 Å². The molecule has 1 aromatic carbocycles. The molecule has 1 nitrogen and oxygen atoms in total. The van der Waals surface area contributed by atoms with Gasteiger partial charge in [0.15, 0.2) is 0 Å². The van der Waals surface area contributed by atoms with Crippen molar-refractivity contribution in [1.29, 1.82) is 0 Å². The molecule has 1 atom stereocenters. The molecule has 1 aliphatic heterocycles. The minimum atomic E-state index is 0.254. The number of thioether (sulfide) groups is 1. The number of ether oxygens (including phenoxy) is 1. The quantitative estimate of drug-likeness (QED) is 0.735. The van der Waals surface area contributed by atoms with Crippen molar-refractivity contribution in [2.24, 2.45) is 0 Å². The Morgan fingerprint density at radius 2 is 2.14 bits per heavy atom. The lowest BCUT2D eigenvalue weighted by Crippen LogP contribution is -2.13. The topological polar surface area (TPSA) is 9.23 Å². The van der Waals surface area contributed by atoms with Crippen LogP contribution in [0.1, 0.15) is 12.0 Å². The number of hydrogen-bond acceptors (Lipinski definition) is 2. The summed E-state index contributed by atoms with van der Waals surface area (Å²) in [5.41, 5.74) is 1.49. The third-order valence-corrected chi connectivity index (χ3v) is 3.24. The fourth-order valence-corrected chi connectivity index (χ4v) is 2.27. The second-order valence-corrected chi connectivity index (χ2v) is 4.44. The molecule has 1 fully saturated rings. The highest BCUT2D eigenvalue weighted by molar-refractivity contribution is 7.99. The van der Waals surface area contributed by atoms with Crippen LogP contribution in [0.3, 0.4) is 0 Å². The van der Waals surface area contributed by atoms with Gasteiger partial charge in [-0.15, -0.1) is 11.8 Å². The molecule has 0 radical (unpaired) electrons. The Labute approximate surface area is 89.2 Å². The van der Waals surface area contributed by atoms with Gasteiger partial charge in [-0.25, -0.2) is 0 Å². The summed E-state index contributed by atoms with van der Waals surface area (Å²) in [5, 5.41) is 0. The highest BCUT2D eigenvalue weighted by Gasteiger charge is 2.09. The molecule has 0 bridgehead atoms. The molecule has 2 heteroatoms. The number of hydrogen-bond donors (Lipinski definition) is 0. The molecule has 0 saturated carbocycles. The molecule has 0 aliphatic carbocycles. The van der Waals surface area contributed by atoms with E-state index in [1.54, 1.807) is 0 Å². The van der Waals surface area contributed by atoms with E-state index in [1.807, 2.05) is 17.8 Å². The fourth-order valence-electron chi connectivity index (χ4n) is 1.37. The summed E-state index contributed by atoms with van der Waals surface area (Å²) < 4.78 is 5.58. The van der Waals surface area contributed by atoms with Crippen LogP contribution in [-0.4, -0.2) is 17.8 Å². The van der Waals surface area contributed by atoms with Crippen LogP contribution in [0.5, 0.6) is 0 Å². The zero-order chi connectivity index (χ0) is 9.64. The fraction of sp³-hybridized carbons (Fsp3) is 0.333. The lowest BCUT2D eigenvalue weighted by molar-refractivity contribution is 0.134. The Morgan fingerprint density at radius 1 is 1.29 bits per heavy atom. The van der Waals surface area contributed by atoms with Gasteiger partial charge in [0.2, 0.25) is 0 Å². The monoisotopic (exact) mass is 206 g/mol. The second kappa shape index (κ2) is 5.23. The molecule has 0 N–H and O–H groups in total. The molecule has 1 saturated heterocycles. The van der Waals surface area contributed by atoms with Gasteiger partial charge in [-0.1, -0.05) is 36.4 Å². The maximum absolute atomic E-state index is 5.58. The summed E-state index contributed by atoms with van der Waals surface area (Å²) in [6.45, 7) is 0.900. The summed E-state index contributed by atoms with van der Waals surface area (Å²) in [6.07, 6.45) is 5.45. The predicted molar refractivity (Wildman–Crippen MR) is 62.3 cm³/mol. The lowest BCUT2D eigenvalue weighted by atomic mass is 10.2. The van der Waals surface area contributed by atoms with Crippen LogP contribution in [-0.2, 0) is 4.74 Å². The summed E-state index contributed by atoms with van der Waals surface area (Å²) in [4.78, 5) is 0. The SMILES string of the molecule is C(=C\C1OCCCS1)/c1ccccc1. The van der Waals surface area contributed by atoms with Crippen molar-refractivity contribution in [3.63, 3.8) is 0 Å². The van der Waals surface area contributed by atoms with E-state index in [2.05, 4.69) is 36.4 Å². The Bertz CT molecular complexity index is 288. The van der Waals surface area contributed by atoms with Crippen LogP contribution in [0.15, 0.2) is 36.4 Å². The van der Waals surface area contributed by atoms with E-state index in [-0.39, 0.29) is 5.44 Å². The normalized spacial score (nSPS) is 22.7. The van der Waals surface area contributed by atoms with E-state index in [0.717, 1.165) is 6.61 Å². The standard InChI is InChI=1S/C12H14OS/c1-2-5-11(6-3-1)7-8-12-13-9-4-10-14-12/h1-3,5-8,12H,4,9-10H2/b8-7+. The summed E-state index contributed by atoms with van der Waals surface area (Å²) in [5.74, 6) is 1.21. The molecule has 14 heavy (non-hydrogen) atoms. The Kier molecular flexibility index (Phi) is 3.66. The van der Waals surface area contributed by atoms with Crippen molar-refractivity contribution >= 4 is 17.8 Å². The third-order valence-electron chi connectivity index (χ3n) is 2.10. The van der Waals surface area contributed by atoms with Gasteiger partial charge in [-0.2, -0.15) is 0 Å². The zero-order valence-electron chi connectivity index (χ0n) is 8.06. The van der Waals surface area contributed by atoms with E-state index in [0.29, 0.717) is 0 Å². The van der Waals surface area contributed by atoms with Gasteiger partial charge in [0.1, 0.15) is 5.44 Å². The van der Waals surface area contributed by atoms with E-state index in [4.69, 9.17) is 4.74 Å². The summed E-state index contributed by atoms with van der Waals surface area (Å²) >= 11 is 1.87. The number of benzene rings is 1. The number of rotatable bonds is 2. The average Bonchev–Trinajstić information content (AvgIpc) is 2.29. The highest BCUT2D eigenvalue weighted by Crippen LogP contribution is 2.21. The van der Waals surface area contributed by atoms with Gasteiger partial charge >= 0.3 is 0 Å². The van der Waals surface area contributed by atoms with Crippen molar-refractivity contribution in [3.8, 4) is 0 Å². The minimum Gasteiger partial charge on any atom is -0.363 e. The van der Waals surface area contributed by atoms with Gasteiger partial charge in [-0.3, -0.25) is 0 Å². The van der Waals surface area contributed by atoms with Crippen LogP contribution in [0.4, 0.5) is 0 Å².